The highest BCUT2D eigenvalue weighted by atomic mass is 35.5. The van der Waals surface area contributed by atoms with Crippen molar-refractivity contribution in [3.8, 4) is 5.75 Å². The number of nitrogens with zero attached hydrogens (tertiary/aromatic N) is 2. The first kappa shape index (κ1) is 22.2. The fraction of sp³-hybridized carbons (Fsp3) is 0.0833. The molecule has 3 aromatic carbocycles. The number of nitrogens with one attached hydrogen (secondary N) is 1. The number of amides is 1. The van der Waals surface area contributed by atoms with Crippen LogP contribution >= 0.6 is 34.8 Å². The maximum Gasteiger partial charge on any atom is 0.256 e. The van der Waals surface area contributed by atoms with Crippen molar-refractivity contribution in [1.82, 2.24) is 9.78 Å². The van der Waals surface area contributed by atoms with Gasteiger partial charge in [-0.3, -0.25) is 9.48 Å². The van der Waals surface area contributed by atoms with E-state index in [9.17, 15) is 4.79 Å². The van der Waals surface area contributed by atoms with Crippen LogP contribution in [0, 0.1) is 0 Å². The maximum absolute atomic E-state index is 12.7. The second kappa shape index (κ2) is 10.1. The molecule has 0 aliphatic rings. The highest BCUT2D eigenvalue weighted by molar-refractivity contribution is 6.35. The molecule has 1 amide bonds. The molecule has 5 nitrogen and oxygen atoms in total. The molecule has 0 spiro atoms. The average Bonchev–Trinajstić information content (AvgIpc) is 3.21. The summed E-state index contributed by atoms with van der Waals surface area (Å²) in [5.74, 6) is 0.714. The number of carbonyl (C=O) groups excluding carboxylic acids is 1. The lowest BCUT2D eigenvalue weighted by atomic mass is 10.1. The quantitative estimate of drug-likeness (QED) is 0.315. The lowest BCUT2D eigenvalue weighted by Gasteiger charge is -2.09. The van der Waals surface area contributed by atoms with Crippen molar-refractivity contribution in [3.63, 3.8) is 0 Å². The van der Waals surface area contributed by atoms with Gasteiger partial charge in [-0.25, -0.2) is 0 Å². The Morgan fingerprint density at radius 2 is 1.78 bits per heavy atom. The summed E-state index contributed by atoms with van der Waals surface area (Å²) in [6.07, 6.45) is 1.79. The minimum absolute atomic E-state index is 0.259. The van der Waals surface area contributed by atoms with Gasteiger partial charge in [0.15, 0.2) is 5.82 Å². The number of carbonyl (C=O) groups is 1. The van der Waals surface area contributed by atoms with Gasteiger partial charge in [-0.05, 0) is 47.5 Å². The zero-order chi connectivity index (χ0) is 22.5. The fourth-order valence-electron chi connectivity index (χ4n) is 3.06. The van der Waals surface area contributed by atoms with Crippen molar-refractivity contribution in [2.75, 3.05) is 5.32 Å². The second-order valence-electron chi connectivity index (χ2n) is 7.01. The van der Waals surface area contributed by atoms with E-state index in [2.05, 4.69) is 10.4 Å². The number of aromatic nitrogens is 2. The molecule has 1 heterocycles. The van der Waals surface area contributed by atoms with Gasteiger partial charge in [0.1, 0.15) is 12.4 Å². The van der Waals surface area contributed by atoms with Crippen molar-refractivity contribution in [3.05, 3.63) is 111 Å². The van der Waals surface area contributed by atoms with E-state index in [1.807, 2.05) is 30.3 Å². The molecule has 0 unspecified atom stereocenters. The van der Waals surface area contributed by atoms with Gasteiger partial charge in [0.25, 0.3) is 5.91 Å². The Balaban J connectivity index is 1.39. The largest absolute Gasteiger partial charge is 0.487 e. The summed E-state index contributed by atoms with van der Waals surface area (Å²) in [6.45, 7) is 0.768. The molecule has 0 saturated heterocycles. The zero-order valence-corrected chi connectivity index (χ0v) is 19.0. The van der Waals surface area contributed by atoms with E-state index in [1.54, 1.807) is 53.3 Å². The minimum atomic E-state index is -0.264. The van der Waals surface area contributed by atoms with Crippen molar-refractivity contribution in [1.29, 1.82) is 0 Å². The number of rotatable bonds is 7. The average molecular weight is 487 g/mol. The number of benzene rings is 3. The fourth-order valence-corrected chi connectivity index (χ4v) is 3.72. The van der Waals surface area contributed by atoms with E-state index in [1.165, 1.54) is 0 Å². The van der Waals surface area contributed by atoms with Gasteiger partial charge in [-0.1, -0.05) is 65.1 Å². The van der Waals surface area contributed by atoms with E-state index in [0.29, 0.717) is 38.7 Å². The van der Waals surface area contributed by atoms with Gasteiger partial charge in [-0.15, -0.1) is 0 Å². The summed E-state index contributed by atoms with van der Waals surface area (Å²) in [7, 11) is 0. The first-order chi connectivity index (χ1) is 15.5. The van der Waals surface area contributed by atoms with Gasteiger partial charge in [0.05, 0.1) is 11.6 Å². The second-order valence-corrected chi connectivity index (χ2v) is 8.26. The Hall–Kier alpha value is -2.99. The molecule has 0 bridgehead atoms. The van der Waals surface area contributed by atoms with E-state index in [4.69, 9.17) is 39.5 Å². The zero-order valence-electron chi connectivity index (χ0n) is 16.8. The van der Waals surface area contributed by atoms with Crippen molar-refractivity contribution in [2.24, 2.45) is 0 Å². The molecule has 0 radical (unpaired) electrons. The third-order valence-electron chi connectivity index (χ3n) is 4.65. The summed E-state index contributed by atoms with van der Waals surface area (Å²) in [4.78, 5) is 12.7. The smallest absolute Gasteiger partial charge is 0.256 e. The van der Waals surface area contributed by atoms with E-state index in [-0.39, 0.29) is 12.5 Å². The van der Waals surface area contributed by atoms with Crippen molar-refractivity contribution < 1.29 is 9.53 Å². The number of hydrogen-bond donors (Lipinski definition) is 1. The highest BCUT2D eigenvalue weighted by Gasteiger charge is 2.10. The summed E-state index contributed by atoms with van der Waals surface area (Å²) < 4.78 is 7.47. The van der Waals surface area contributed by atoms with Crippen LogP contribution in [0.4, 0.5) is 5.82 Å². The van der Waals surface area contributed by atoms with Gasteiger partial charge < -0.3 is 10.1 Å². The van der Waals surface area contributed by atoms with Gasteiger partial charge in [0, 0.05) is 27.9 Å². The molecule has 1 aromatic heterocycles. The number of ether oxygens (including phenoxy) is 1. The van der Waals surface area contributed by atoms with Crippen LogP contribution in [0.3, 0.4) is 0 Å². The van der Waals surface area contributed by atoms with Crippen LogP contribution in [0.15, 0.2) is 79.0 Å². The van der Waals surface area contributed by atoms with Crippen LogP contribution in [-0.2, 0) is 13.2 Å². The lowest BCUT2D eigenvalue weighted by molar-refractivity contribution is 0.102. The molecule has 0 fully saturated rings. The molecule has 162 valence electrons. The van der Waals surface area contributed by atoms with Crippen LogP contribution in [-0.4, -0.2) is 15.7 Å². The van der Waals surface area contributed by atoms with Crippen molar-refractivity contribution >= 4 is 46.5 Å². The summed E-state index contributed by atoms with van der Waals surface area (Å²) in [6, 6.07) is 21.5. The Bertz CT molecular complexity index is 1260. The molecule has 0 aliphatic carbocycles. The van der Waals surface area contributed by atoms with Gasteiger partial charge in [0.2, 0.25) is 0 Å². The summed E-state index contributed by atoms with van der Waals surface area (Å²) >= 11 is 18.3. The molecule has 1 N–H and O–H groups in total. The predicted octanol–water partition coefficient (Wildman–Crippen LogP) is 6.72. The van der Waals surface area contributed by atoms with E-state index in [0.717, 1.165) is 11.1 Å². The van der Waals surface area contributed by atoms with Gasteiger partial charge in [-0.2, -0.15) is 5.10 Å². The Morgan fingerprint density at radius 3 is 2.59 bits per heavy atom. The Labute approximate surface area is 200 Å². The monoisotopic (exact) mass is 485 g/mol. The third kappa shape index (κ3) is 5.62. The first-order valence-electron chi connectivity index (χ1n) is 9.73. The normalized spacial score (nSPS) is 10.7. The first-order valence-corrected chi connectivity index (χ1v) is 10.9. The standard InChI is InChI=1S/C24H18Cl3N3O2/c25-19-8-9-22(21(27)13-19)32-15-16-4-3-6-17(12-16)24(31)28-23-10-11-30(29-23)14-18-5-1-2-7-20(18)26/h1-13H,14-15H2,(H,28,29,31). The predicted molar refractivity (Wildman–Crippen MR) is 128 cm³/mol. The molecule has 4 aromatic rings. The molecule has 8 heteroatoms. The molecule has 32 heavy (non-hydrogen) atoms. The maximum atomic E-state index is 12.7. The molecule has 0 saturated carbocycles. The van der Waals surface area contributed by atoms with Crippen LogP contribution in [0.2, 0.25) is 15.1 Å². The van der Waals surface area contributed by atoms with E-state index < -0.39 is 0 Å². The Kier molecular flexibility index (Phi) is 7.00. The molecule has 0 aliphatic heterocycles. The molecule has 0 atom stereocenters. The van der Waals surface area contributed by atoms with Crippen LogP contribution in [0.5, 0.6) is 5.75 Å². The third-order valence-corrected chi connectivity index (χ3v) is 5.55. The summed E-state index contributed by atoms with van der Waals surface area (Å²) in [5.41, 5.74) is 2.27. The van der Waals surface area contributed by atoms with E-state index >= 15 is 0 Å². The Morgan fingerprint density at radius 1 is 0.938 bits per heavy atom. The SMILES string of the molecule is O=C(Nc1ccn(Cc2ccccc2Cl)n1)c1cccc(COc2ccc(Cl)cc2Cl)c1. The van der Waals surface area contributed by atoms with Gasteiger partial charge >= 0.3 is 0 Å². The van der Waals surface area contributed by atoms with Crippen LogP contribution in [0.1, 0.15) is 21.5 Å². The molecular formula is C24H18Cl3N3O2. The van der Waals surface area contributed by atoms with Crippen LogP contribution in [0.25, 0.3) is 0 Å². The minimum Gasteiger partial charge on any atom is -0.487 e. The molecular weight excluding hydrogens is 469 g/mol. The number of halogens is 3. The van der Waals surface area contributed by atoms with Crippen LogP contribution < -0.4 is 10.1 Å². The highest BCUT2D eigenvalue weighted by Crippen LogP contribution is 2.28. The summed E-state index contributed by atoms with van der Waals surface area (Å²) in [5, 5.41) is 8.86. The molecule has 4 rings (SSSR count). The lowest BCUT2D eigenvalue weighted by Crippen LogP contribution is -2.13. The number of anilines is 1. The topological polar surface area (TPSA) is 56.2 Å². The van der Waals surface area contributed by atoms with Crippen molar-refractivity contribution in [2.45, 2.75) is 13.2 Å². The number of hydrogen-bond acceptors (Lipinski definition) is 3.